The summed E-state index contributed by atoms with van der Waals surface area (Å²) in [4.78, 5) is 3.91. The average molecular weight is 231 g/mol. The molecule has 1 heterocycles. The van der Waals surface area contributed by atoms with Gasteiger partial charge in [-0.25, -0.2) is 13.4 Å². The Hall–Kier alpha value is -0.880. The van der Waals surface area contributed by atoms with Crippen molar-refractivity contribution >= 4 is 10.0 Å². The fourth-order valence-electron chi connectivity index (χ4n) is 1.34. The molecule has 0 amide bonds. The third kappa shape index (κ3) is 2.38. The smallest absolute Gasteiger partial charge is 0.262 e. The lowest BCUT2D eigenvalue weighted by molar-refractivity contribution is 0.443. The van der Waals surface area contributed by atoms with E-state index in [0.717, 1.165) is 6.54 Å². The molecule has 1 aromatic heterocycles. The Labute approximate surface area is 90.8 Å². The van der Waals surface area contributed by atoms with Crippen molar-refractivity contribution in [3.63, 3.8) is 0 Å². The van der Waals surface area contributed by atoms with Crippen LogP contribution in [0.25, 0.3) is 0 Å². The highest BCUT2D eigenvalue weighted by atomic mass is 32.2. The minimum Gasteiger partial charge on any atom is -0.336 e. The Bertz CT molecular complexity index is 407. The molecule has 0 radical (unpaired) electrons. The third-order valence-electron chi connectivity index (χ3n) is 2.28. The maximum Gasteiger partial charge on any atom is 0.262 e. The summed E-state index contributed by atoms with van der Waals surface area (Å²) in [5.41, 5.74) is 0. The van der Waals surface area contributed by atoms with Crippen molar-refractivity contribution in [2.24, 2.45) is 0 Å². The van der Waals surface area contributed by atoms with Crippen LogP contribution in [0.4, 0.5) is 0 Å². The average Bonchev–Trinajstić information content (AvgIpc) is 2.67. The number of aryl methyl sites for hydroxylation is 1. The highest BCUT2D eigenvalue weighted by molar-refractivity contribution is 7.89. The van der Waals surface area contributed by atoms with Gasteiger partial charge in [0.15, 0.2) is 5.03 Å². The van der Waals surface area contributed by atoms with E-state index in [1.54, 1.807) is 10.8 Å². The van der Waals surface area contributed by atoms with E-state index in [9.17, 15) is 8.42 Å². The first kappa shape index (κ1) is 12.2. The van der Waals surface area contributed by atoms with E-state index in [1.807, 2.05) is 20.8 Å². The Morgan fingerprint density at radius 3 is 2.33 bits per heavy atom. The minimum atomic E-state index is -3.39. The predicted molar refractivity (Wildman–Crippen MR) is 58.0 cm³/mol. The van der Waals surface area contributed by atoms with E-state index in [1.165, 1.54) is 10.6 Å². The molecule has 0 unspecified atom stereocenters. The number of aromatic nitrogens is 2. The zero-order valence-electron chi connectivity index (χ0n) is 9.34. The molecule has 15 heavy (non-hydrogen) atoms. The first-order valence-electron chi connectivity index (χ1n) is 5.08. The number of hydrogen-bond donors (Lipinski definition) is 0. The van der Waals surface area contributed by atoms with Crippen LogP contribution in [-0.4, -0.2) is 35.4 Å². The number of rotatable bonds is 5. The van der Waals surface area contributed by atoms with E-state index in [0.29, 0.717) is 13.1 Å². The summed E-state index contributed by atoms with van der Waals surface area (Å²) in [6.07, 6.45) is 3.10. The summed E-state index contributed by atoms with van der Waals surface area (Å²) in [7, 11) is -3.39. The van der Waals surface area contributed by atoms with Crippen molar-refractivity contribution in [1.29, 1.82) is 0 Å². The SMILES string of the molecule is CCN(CC)S(=O)(=O)c1cn(CC)cn1. The van der Waals surface area contributed by atoms with Gasteiger partial charge in [0, 0.05) is 25.8 Å². The Morgan fingerprint density at radius 2 is 1.93 bits per heavy atom. The van der Waals surface area contributed by atoms with E-state index >= 15 is 0 Å². The first-order chi connectivity index (χ1) is 7.06. The maximum absolute atomic E-state index is 12.0. The normalized spacial score (nSPS) is 12.3. The van der Waals surface area contributed by atoms with Crippen LogP contribution in [0.2, 0.25) is 0 Å². The molecule has 6 heteroatoms. The van der Waals surface area contributed by atoms with Gasteiger partial charge in [0.2, 0.25) is 0 Å². The third-order valence-corrected chi connectivity index (χ3v) is 4.22. The molecule has 0 saturated heterocycles. The molecule has 0 aliphatic rings. The predicted octanol–water partition coefficient (Wildman–Crippen LogP) is 0.933. The summed E-state index contributed by atoms with van der Waals surface area (Å²) >= 11 is 0. The van der Waals surface area contributed by atoms with E-state index in [2.05, 4.69) is 4.98 Å². The molecule has 5 nitrogen and oxygen atoms in total. The van der Waals surface area contributed by atoms with Gasteiger partial charge in [0.1, 0.15) is 0 Å². The lowest BCUT2D eigenvalue weighted by Crippen LogP contribution is -2.30. The number of hydrogen-bond acceptors (Lipinski definition) is 3. The van der Waals surface area contributed by atoms with E-state index in [4.69, 9.17) is 0 Å². The Balaban J connectivity index is 3.04. The highest BCUT2D eigenvalue weighted by Gasteiger charge is 2.23. The molecule has 1 aromatic rings. The molecule has 0 N–H and O–H groups in total. The molecular formula is C9H17N3O2S. The van der Waals surface area contributed by atoms with Gasteiger partial charge in [-0.1, -0.05) is 13.8 Å². The standard InChI is InChI=1S/C9H17N3O2S/c1-4-11-7-9(10-8-11)15(13,14)12(5-2)6-3/h7-8H,4-6H2,1-3H3. The van der Waals surface area contributed by atoms with Crippen LogP contribution >= 0.6 is 0 Å². The van der Waals surface area contributed by atoms with Gasteiger partial charge in [0.25, 0.3) is 10.0 Å². The van der Waals surface area contributed by atoms with Crippen LogP contribution in [0.1, 0.15) is 20.8 Å². The van der Waals surface area contributed by atoms with Crippen molar-refractivity contribution in [3.8, 4) is 0 Å². The van der Waals surface area contributed by atoms with Crippen LogP contribution < -0.4 is 0 Å². The molecule has 0 fully saturated rings. The summed E-state index contributed by atoms with van der Waals surface area (Å²) < 4.78 is 27.1. The van der Waals surface area contributed by atoms with Crippen molar-refractivity contribution < 1.29 is 8.42 Å². The second-order valence-electron chi connectivity index (χ2n) is 3.13. The summed E-state index contributed by atoms with van der Waals surface area (Å²) in [6, 6.07) is 0. The molecule has 0 spiro atoms. The maximum atomic E-state index is 12.0. The van der Waals surface area contributed by atoms with Gasteiger partial charge in [-0.05, 0) is 6.92 Å². The van der Waals surface area contributed by atoms with Gasteiger partial charge in [-0.3, -0.25) is 0 Å². The van der Waals surface area contributed by atoms with Crippen LogP contribution in [0, 0.1) is 0 Å². The van der Waals surface area contributed by atoms with Gasteiger partial charge >= 0.3 is 0 Å². The zero-order valence-corrected chi connectivity index (χ0v) is 10.2. The Morgan fingerprint density at radius 1 is 1.33 bits per heavy atom. The second-order valence-corrected chi connectivity index (χ2v) is 5.02. The monoisotopic (exact) mass is 231 g/mol. The minimum absolute atomic E-state index is 0.132. The summed E-state index contributed by atoms with van der Waals surface area (Å²) in [5.74, 6) is 0. The van der Waals surface area contributed by atoms with Crippen molar-refractivity contribution in [2.45, 2.75) is 32.3 Å². The van der Waals surface area contributed by atoms with Crippen molar-refractivity contribution in [3.05, 3.63) is 12.5 Å². The van der Waals surface area contributed by atoms with Gasteiger partial charge in [-0.2, -0.15) is 4.31 Å². The molecule has 0 aliphatic heterocycles. The highest BCUT2D eigenvalue weighted by Crippen LogP contribution is 2.12. The van der Waals surface area contributed by atoms with Gasteiger partial charge < -0.3 is 4.57 Å². The Kier molecular flexibility index (Phi) is 3.87. The van der Waals surface area contributed by atoms with E-state index < -0.39 is 10.0 Å². The quantitative estimate of drug-likeness (QED) is 0.757. The van der Waals surface area contributed by atoms with Crippen LogP contribution in [-0.2, 0) is 16.6 Å². The largest absolute Gasteiger partial charge is 0.336 e. The van der Waals surface area contributed by atoms with Crippen molar-refractivity contribution in [2.75, 3.05) is 13.1 Å². The molecule has 0 saturated carbocycles. The molecule has 0 aromatic carbocycles. The van der Waals surface area contributed by atoms with Gasteiger partial charge in [0.05, 0.1) is 6.33 Å². The molecule has 0 bridgehead atoms. The van der Waals surface area contributed by atoms with Crippen molar-refractivity contribution in [1.82, 2.24) is 13.9 Å². The molecule has 0 atom stereocenters. The van der Waals surface area contributed by atoms with E-state index in [-0.39, 0.29) is 5.03 Å². The fraction of sp³-hybridized carbons (Fsp3) is 0.667. The molecular weight excluding hydrogens is 214 g/mol. The molecule has 86 valence electrons. The van der Waals surface area contributed by atoms with Crippen LogP contribution in [0.15, 0.2) is 17.6 Å². The number of nitrogens with zero attached hydrogens (tertiary/aromatic N) is 3. The second kappa shape index (κ2) is 4.76. The first-order valence-corrected chi connectivity index (χ1v) is 6.52. The fourth-order valence-corrected chi connectivity index (χ4v) is 2.73. The van der Waals surface area contributed by atoms with Gasteiger partial charge in [-0.15, -0.1) is 0 Å². The summed E-state index contributed by atoms with van der Waals surface area (Å²) in [6.45, 7) is 7.24. The van der Waals surface area contributed by atoms with Crippen LogP contribution in [0.3, 0.4) is 0 Å². The zero-order chi connectivity index (χ0) is 11.5. The van der Waals surface area contributed by atoms with Crippen LogP contribution in [0.5, 0.6) is 0 Å². The lowest BCUT2D eigenvalue weighted by Gasteiger charge is -2.16. The molecule has 1 rings (SSSR count). The lowest BCUT2D eigenvalue weighted by atomic mass is 10.7. The number of sulfonamides is 1. The topological polar surface area (TPSA) is 55.2 Å². The molecule has 0 aliphatic carbocycles. The summed E-state index contributed by atoms with van der Waals surface area (Å²) in [5, 5.41) is 0.132. The number of imidazole rings is 1.